The number of hydrogen-bond donors (Lipinski definition) is 3. The van der Waals surface area contributed by atoms with E-state index >= 15 is 4.39 Å². The van der Waals surface area contributed by atoms with Gasteiger partial charge < -0.3 is 34.4 Å². The maximum atomic E-state index is 15.1. The number of nitrogens with one attached hydrogen (secondary N) is 2. The van der Waals surface area contributed by atoms with Gasteiger partial charge in [-0.05, 0) is 53.9 Å². The Bertz CT molecular complexity index is 1820. The third-order valence-corrected chi connectivity index (χ3v) is 7.83. The molecule has 0 aliphatic carbocycles. The number of ether oxygens (including phenoxy) is 4. The number of hydrogen-bond acceptors (Lipinski definition) is 6. The first-order chi connectivity index (χ1) is 21.5. The molecule has 2 heterocycles. The van der Waals surface area contributed by atoms with Gasteiger partial charge in [-0.3, -0.25) is 4.79 Å². The number of amides is 1. The zero-order valence-corrected chi connectivity index (χ0v) is 24.5. The summed E-state index contributed by atoms with van der Waals surface area (Å²) in [6.07, 6.45) is 2.29. The number of rotatable bonds is 11. The van der Waals surface area contributed by atoms with Gasteiger partial charge in [-0.1, -0.05) is 36.4 Å². The second-order valence-corrected chi connectivity index (χ2v) is 10.6. The number of para-hydroxylation sites is 1. The molecule has 1 aliphatic rings. The van der Waals surface area contributed by atoms with E-state index in [9.17, 15) is 9.90 Å². The second-order valence-electron chi connectivity index (χ2n) is 10.6. The van der Waals surface area contributed by atoms with Crippen molar-refractivity contribution in [1.82, 2.24) is 10.3 Å². The van der Waals surface area contributed by atoms with Crippen molar-refractivity contribution in [2.45, 2.75) is 19.1 Å². The van der Waals surface area contributed by atoms with Crippen molar-refractivity contribution in [2.24, 2.45) is 0 Å². The van der Waals surface area contributed by atoms with Gasteiger partial charge in [0.2, 0.25) is 0 Å². The lowest BCUT2D eigenvalue weighted by Crippen LogP contribution is -2.39. The van der Waals surface area contributed by atoms with E-state index in [1.165, 1.54) is 6.07 Å². The Morgan fingerprint density at radius 3 is 2.59 bits per heavy atom. The average molecular weight is 597 g/mol. The SMILES string of the molecule is COCCOc1cc2c(cc1OC)-c1cc(C(=O)NC(CO)Cc3c[nH]c4ccccc34)c(-c3ccccc3F)cc1OC2. The second kappa shape index (κ2) is 12.8. The summed E-state index contributed by atoms with van der Waals surface area (Å²) in [5.41, 5.74) is 5.18. The Labute approximate surface area is 254 Å². The molecule has 5 aromatic rings. The Morgan fingerprint density at radius 2 is 1.80 bits per heavy atom. The van der Waals surface area contributed by atoms with Crippen molar-refractivity contribution < 1.29 is 33.2 Å². The van der Waals surface area contributed by atoms with E-state index in [0.717, 1.165) is 27.6 Å². The molecule has 3 N–H and O–H groups in total. The standard InChI is InChI=1S/C35H33FN2O6/c1-41-11-12-43-34-14-22-20-44-32-17-27(25-8-3-5-9-30(25)36)29(15-28(32)26(22)16-33(34)42-2)35(40)38-23(19-39)13-21-18-37-31-10-6-4-7-24(21)31/h3-10,14-18,23,37,39H,11-13,19-20H2,1-2H3,(H,38,40). The number of methoxy groups -OCH3 is 2. The lowest BCUT2D eigenvalue weighted by molar-refractivity contribution is 0.0917. The Morgan fingerprint density at radius 1 is 0.977 bits per heavy atom. The maximum Gasteiger partial charge on any atom is 0.252 e. The third-order valence-electron chi connectivity index (χ3n) is 7.83. The fourth-order valence-electron chi connectivity index (χ4n) is 5.63. The van der Waals surface area contributed by atoms with Crippen LogP contribution in [0.4, 0.5) is 4.39 Å². The van der Waals surface area contributed by atoms with Gasteiger partial charge in [0.15, 0.2) is 11.5 Å². The highest BCUT2D eigenvalue weighted by Crippen LogP contribution is 2.45. The van der Waals surface area contributed by atoms with Crippen LogP contribution < -0.4 is 19.5 Å². The molecule has 44 heavy (non-hydrogen) atoms. The van der Waals surface area contributed by atoms with Crippen LogP contribution >= 0.6 is 0 Å². The number of fused-ring (bicyclic) bond motifs is 4. The monoisotopic (exact) mass is 596 g/mol. The molecule has 8 nitrogen and oxygen atoms in total. The first kappa shape index (κ1) is 29.2. The van der Waals surface area contributed by atoms with Crippen molar-refractivity contribution in [3.63, 3.8) is 0 Å². The van der Waals surface area contributed by atoms with Crippen molar-refractivity contribution in [2.75, 3.05) is 34.0 Å². The maximum absolute atomic E-state index is 15.1. The zero-order chi connectivity index (χ0) is 30.6. The van der Waals surface area contributed by atoms with Crippen LogP contribution in [0.15, 0.2) is 79.0 Å². The van der Waals surface area contributed by atoms with Crippen LogP contribution in [0.1, 0.15) is 21.5 Å². The van der Waals surface area contributed by atoms with E-state index in [1.54, 1.807) is 44.6 Å². The number of halogens is 1. The van der Waals surface area contributed by atoms with E-state index in [1.807, 2.05) is 42.6 Å². The van der Waals surface area contributed by atoms with E-state index < -0.39 is 17.8 Å². The first-order valence-corrected chi connectivity index (χ1v) is 14.4. The summed E-state index contributed by atoms with van der Waals surface area (Å²) in [6, 6.07) is 20.7. The number of aromatic amines is 1. The number of H-pyrrole nitrogens is 1. The number of carbonyl (C=O) groups excluding carboxylic acids is 1. The number of carbonyl (C=O) groups is 1. The summed E-state index contributed by atoms with van der Waals surface area (Å²) in [5, 5.41) is 14.3. The van der Waals surface area contributed by atoms with Gasteiger partial charge in [-0.2, -0.15) is 0 Å². The summed E-state index contributed by atoms with van der Waals surface area (Å²) in [7, 11) is 3.17. The lowest BCUT2D eigenvalue weighted by atomic mass is 9.90. The van der Waals surface area contributed by atoms with Crippen molar-refractivity contribution in [3.8, 4) is 39.5 Å². The fraction of sp³-hybridized carbons (Fsp3) is 0.229. The molecule has 1 unspecified atom stereocenters. The predicted molar refractivity (Wildman–Crippen MR) is 166 cm³/mol. The number of aromatic nitrogens is 1. The minimum atomic E-state index is -0.582. The molecule has 0 radical (unpaired) electrons. The molecule has 1 amide bonds. The van der Waals surface area contributed by atoms with Crippen LogP contribution in [-0.4, -0.2) is 56.1 Å². The summed E-state index contributed by atoms with van der Waals surface area (Å²) in [4.78, 5) is 17.2. The summed E-state index contributed by atoms with van der Waals surface area (Å²) < 4.78 is 37.9. The molecule has 4 aromatic carbocycles. The molecule has 1 aromatic heterocycles. The van der Waals surface area contributed by atoms with Gasteiger partial charge in [0.25, 0.3) is 5.91 Å². The molecule has 0 spiro atoms. The molecule has 6 rings (SSSR count). The molecule has 1 atom stereocenters. The zero-order valence-electron chi connectivity index (χ0n) is 24.5. The van der Waals surface area contributed by atoms with Crippen LogP contribution in [-0.2, 0) is 17.8 Å². The van der Waals surface area contributed by atoms with Crippen molar-refractivity contribution >= 4 is 16.8 Å². The minimum absolute atomic E-state index is 0.252. The summed E-state index contributed by atoms with van der Waals surface area (Å²) in [6.45, 7) is 0.753. The predicted octanol–water partition coefficient (Wildman–Crippen LogP) is 5.90. The van der Waals surface area contributed by atoms with Crippen LogP contribution in [0.2, 0.25) is 0 Å². The van der Waals surface area contributed by atoms with Gasteiger partial charge in [0.05, 0.1) is 26.4 Å². The lowest BCUT2D eigenvalue weighted by Gasteiger charge is -2.25. The molecule has 0 saturated heterocycles. The van der Waals surface area contributed by atoms with Crippen LogP contribution in [0.3, 0.4) is 0 Å². The highest BCUT2D eigenvalue weighted by Gasteiger charge is 2.27. The molecular formula is C35H33FN2O6. The summed E-state index contributed by atoms with van der Waals surface area (Å²) >= 11 is 0. The average Bonchev–Trinajstić information content (AvgIpc) is 3.46. The largest absolute Gasteiger partial charge is 0.493 e. The first-order valence-electron chi connectivity index (χ1n) is 14.4. The van der Waals surface area contributed by atoms with Gasteiger partial charge in [0, 0.05) is 52.0 Å². The normalized spacial score (nSPS) is 12.6. The topological polar surface area (TPSA) is 102 Å². The highest BCUT2D eigenvalue weighted by molar-refractivity contribution is 6.03. The Balaban J connectivity index is 1.39. The molecule has 0 bridgehead atoms. The van der Waals surface area contributed by atoms with Gasteiger partial charge in [0.1, 0.15) is 24.8 Å². The fourth-order valence-corrected chi connectivity index (χ4v) is 5.63. The van der Waals surface area contributed by atoms with E-state index in [4.69, 9.17) is 18.9 Å². The van der Waals surface area contributed by atoms with Crippen molar-refractivity contribution in [1.29, 1.82) is 0 Å². The van der Waals surface area contributed by atoms with Crippen LogP contribution in [0.5, 0.6) is 17.2 Å². The smallest absolute Gasteiger partial charge is 0.252 e. The van der Waals surface area contributed by atoms with E-state index in [0.29, 0.717) is 48.0 Å². The van der Waals surface area contributed by atoms with Gasteiger partial charge in [-0.15, -0.1) is 0 Å². The third kappa shape index (κ3) is 5.71. The minimum Gasteiger partial charge on any atom is -0.493 e. The van der Waals surface area contributed by atoms with Crippen LogP contribution in [0, 0.1) is 5.82 Å². The van der Waals surface area contributed by atoms with E-state index in [2.05, 4.69) is 10.3 Å². The van der Waals surface area contributed by atoms with E-state index in [-0.39, 0.29) is 24.3 Å². The Kier molecular flexibility index (Phi) is 8.49. The molecule has 0 saturated carbocycles. The number of aliphatic hydroxyl groups is 1. The highest BCUT2D eigenvalue weighted by atomic mass is 19.1. The van der Waals surface area contributed by atoms with Gasteiger partial charge in [-0.25, -0.2) is 4.39 Å². The summed E-state index contributed by atoms with van der Waals surface area (Å²) in [5.74, 6) is 0.688. The molecular weight excluding hydrogens is 563 g/mol. The molecule has 226 valence electrons. The molecule has 1 aliphatic heterocycles. The molecule has 0 fully saturated rings. The number of benzene rings is 4. The Hall–Kier alpha value is -4.86. The quantitative estimate of drug-likeness (QED) is 0.164. The van der Waals surface area contributed by atoms with Crippen LogP contribution in [0.25, 0.3) is 33.2 Å². The van der Waals surface area contributed by atoms with Gasteiger partial charge >= 0.3 is 0 Å². The molecule has 9 heteroatoms. The van der Waals surface area contributed by atoms with Crippen molar-refractivity contribution in [3.05, 3.63) is 102 Å². The number of aliphatic hydroxyl groups excluding tert-OH is 1.